The molecule has 0 aliphatic carbocycles. The highest BCUT2D eigenvalue weighted by Gasteiger charge is 2.35. The summed E-state index contributed by atoms with van der Waals surface area (Å²) in [5, 5.41) is -0.649. The summed E-state index contributed by atoms with van der Waals surface area (Å²) in [5.74, 6) is -0.399. The molecule has 1 atom stereocenters. The molecule has 0 spiro atoms. The van der Waals surface area contributed by atoms with Gasteiger partial charge in [0.2, 0.25) is 15.7 Å². The van der Waals surface area contributed by atoms with E-state index in [4.69, 9.17) is 4.42 Å². The number of halogens is 1. The summed E-state index contributed by atoms with van der Waals surface area (Å²) >= 11 is -1.68. The van der Waals surface area contributed by atoms with Gasteiger partial charge in [-0.1, -0.05) is 31.2 Å². The average molecular weight is 393 g/mol. The third kappa shape index (κ3) is 3.67. The summed E-state index contributed by atoms with van der Waals surface area (Å²) in [6, 6.07) is 13.3. The molecule has 0 amide bonds. The number of sulfone groups is 1. The topological polar surface area (TPSA) is 83.2 Å². The third-order valence-electron chi connectivity index (χ3n) is 3.55. The van der Waals surface area contributed by atoms with Crippen molar-refractivity contribution in [2.75, 3.05) is 5.75 Å². The van der Waals surface area contributed by atoms with Crippen LogP contribution < -0.4 is 0 Å². The van der Waals surface area contributed by atoms with Gasteiger partial charge in [0.15, 0.2) is 0 Å². The van der Waals surface area contributed by atoms with Crippen LogP contribution in [-0.2, 0) is 21.0 Å². The number of oxazole rings is 1. The molecular formula is C18H16FNO4S2. The van der Waals surface area contributed by atoms with E-state index in [1.54, 1.807) is 30.3 Å². The normalized spacial score (nSPS) is 12.9. The number of hydrogen-bond donors (Lipinski definition) is 0. The van der Waals surface area contributed by atoms with Crippen LogP contribution in [0.4, 0.5) is 4.39 Å². The second-order valence-corrected chi connectivity index (χ2v) is 8.82. The maximum Gasteiger partial charge on any atom is 0.351 e. The van der Waals surface area contributed by atoms with Crippen LogP contribution in [0.15, 0.2) is 74.0 Å². The van der Waals surface area contributed by atoms with Gasteiger partial charge in [-0.15, -0.1) is 0 Å². The van der Waals surface area contributed by atoms with Crippen molar-refractivity contribution in [1.29, 1.82) is 0 Å². The third-order valence-corrected chi connectivity index (χ3v) is 6.80. The van der Waals surface area contributed by atoms with E-state index >= 15 is 0 Å². The zero-order chi connectivity index (χ0) is 18.7. The smallest absolute Gasteiger partial charge is 0.351 e. The van der Waals surface area contributed by atoms with Crippen molar-refractivity contribution in [2.24, 2.45) is 0 Å². The largest absolute Gasteiger partial charge is 0.609 e. The second kappa shape index (κ2) is 7.61. The number of rotatable bonds is 6. The van der Waals surface area contributed by atoms with Crippen LogP contribution in [0.1, 0.15) is 13.3 Å². The predicted molar refractivity (Wildman–Crippen MR) is 95.4 cm³/mol. The number of benzene rings is 2. The number of nitrogens with zero attached hydrogens (tertiary/aromatic N) is 1. The van der Waals surface area contributed by atoms with E-state index in [2.05, 4.69) is 4.98 Å². The van der Waals surface area contributed by atoms with Crippen molar-refractivity contribution in [2.45, 2.75) is 28.4 Å². The molecule has 3 aromatic rings. The van der Waals surface area contributed by atoms with Crippen LogP contribution in [0.2, 0.25) is 0 Å². The highest BCUT2D eigenvalue weighted by molar-refractivity contribution is 7.94. The molecule has 2 aromatic carbocycles. The summed E-state index contributed by atoms with van der Waals surface area (Å²) in [6.45, 7) is 1.83. The maximum absolute atomic E-state index is 13.5. The van der Waals surface area contributed by atoms with E-state index in [-0.39, 0.29) is 21.6 Å². The Morgan fingerprint density at radius 3 is 2.54 bits per heavy atom. The van der Waals surface area contributed by atoms with Crippen molar-refractivity contribution < 1.29 is 21.8 Å². The first-order valence-electron chi connectivity index (χ1n) is 7.88. The van der Waals surface area contributed by atoms with Gasteiger partial charge in [0.05, 0.1) is 4.90 Å². The SMILES string of the molecule is CCC[S+]([O-])c1oc(-c2ccccc2)nc1S(=O)(=O)c1cccc(F)c1. The van der Waals surface area contributed by atoms with Crippen molar-refractivity contribution >= 4 is 21.0 Å². The van der Waals surface area contributed by atoms with Gasteiger partial charge in [0.25, 0.3) is 5.03 Å². The van der Waals surface area contributed by atoms with Crippen molar-refractivity contribution in [3.8, 4) is 11.5 Å². The van der Waals surface area contributed by atoms with Gasteiger partial charge in [-0.25, -0.2) is 12.8 Å². The summed E-state index contributed by atoms with van der Waals surface area (Å²) in [5.41, 5.74) is 0.558. The van der Waals surface area contributed by atoms with Gasteiger partial charge in [-0.2, -0.15) is 4.98 Å². The molecule has 136 valence electrons. The minimum Gasteiger partial charge on any atom is -0.609 e. The molecule has 5 nitrogen and oxygen atoms in total. The van der Waals surface area contributed by atoms with E-state index in [0.717, 1.165) is 12.1 Å². The first-order chi connectivity index (χ1) is 12.4. The van der Waals surface area contributed by atoms with Crippen LogP contribution in [0.3, 0.4) is 0 Å². The number of aromatic nitrogens is 1. The summed E-state index contributed by atoms with van der Waals surface area (Å²) in [7, 11) is -4.18. The molecule has 0 fully saturated rings. The Balaban J connectivity index is 2.17. The van der Waals surface area contributed by atoms with Gasteiger partial charge in [0.1, 0.15) is 11.6 Å². The van der Waals surface area contributed by atoms with Gasteiger partial charge < -0.3 is 8.97 Å². The highest BCUT2D eigenvalue weighted by Crippen LogP contribution is 2.32. The lowest BCUT2D eigenvalue weighted by atomic mass is 10.2. The monoisotopic (exact) mass is 393 g/mol. The molecular weight excluding hydrogens is 377 g/mol. The van der Waals surface area contributed by atoms with Crippen molar-refractivity contribution in [3.63, 3.8) is 0 Å². The average Bonchev–Trinajstić information content (AvgIpc) is 3.09. The molecule has 0 saturated heterocycles. The van der Waals surface area contributed by atoms with Crippen molar-refractivity contribution in [3.05, 3.63) is 60.4 Å². The van der Waals surface area contributed by atoms with E-state index in [1.165, 1.54) is 12.1 Å². The van der Waals surface area contributed by atoms with Crippen LogP contribution >= 0.6 is 0 Å². The summed E-state index contributed by atoms with van der Waals surface area (Å²) in [6.07, 6.45) is 0.577. The Hall–Kier alpha value is -2.16. The van der Waals surface area contributed by atoms with E-state index in [9.17, 15) is 17.4 Å². The fraction of sp³-hybridized carbons (Fsp3) is 0.167. The lowest BCUT2D eigenvalue weighted by molar-refractivity contribution is 0.444. The van der Waals surface area contributed by atoms with Gasteiger partial charge in [0, 0.05) is 16.7 Å². The number of hydrogen-bond acceptors (Lipinski definition) is 5. The van der Waals surface area contributed by atoms with Crippen molar-refractivity contribution in [1.82, 2.24) is 4.98 Å². The molecule has 1 heterocycles. The molecule has 0 aliphatic rings. The second-order valence-electron chi connectivity index (χ2n) is 5.49. The molecule has 0 radical (unpaired) electrons. The molecule has 3 rings (SSSR count). The Labute approximate surface area is 154 Å². The Morgan fingerprint density at radius 2 is 1.88 bits per heavy atom. The molecule has 0 saturated carbocycles. The fourth-order valence-electron chi connectivity index (χ4n) is 2.33. The Bertz CT molecular complexity index is 1000. The quantitative estimate of drug-likeness (QED) is 0.594. The first kappa shape index (κ1) is 18.6. The standard InChI is InChI=1S/C18H16FNO4S2/c1-2-11-25(21)18-17(20-16(24-18)13-7-4-3-5-8-13)26(22,23)15-10-6-9-14(19)12-15/h3-10,12H,2,11H2,1H3. The predicted octanol–water partition coefficient (Wildman–Crippen LogP) is 3.83. The highest BCUT2D eigenvalue weighted by atomic mass is 32.2. The molecule has 8 heteroatoms. The van der Waals surface area contributed by atoms with Crippen LogP contribution in [0, 0.1) is 5.82 Å². The van der Waals surface area contributed by atoms with E-state index < -0.39 is 31.9 Å². The first-order valence-corrected chi connectivity index (χ1v) is 10.7. The molecule has 0 N–H and O–H groups in total. The fourth-order valence-corrected chi connectivity index (χ4v) is 5.12. The molecule has 0 bridgehead atoms. The van der Waals surface area contributed by atoms with Gasteiger partial charge >= 0.3 is 5.09 Å². The molecule has 26 heavy (non-hydrogen) atoms. The van der Waals surface area contributed by atoms with Crippen LogP contribution in [0.5, 0.6) is 0 Å². The van der Waals surface area contributed by atoms with Gasteiger partial charge in [-0.05, 0) is 36.8 Å². The lowest BCUT2D eigenvalue weighted by Crippen LogP contribution is -2.12. The zero-order valence-corrected chi connectivity index (χ0v) is 15.5. The summed E-state index contributed by atoms with van der Waals surface area (Å²) in [4.78, 5) is 3.83. The Kier molecular flexibility index (Phi) is 5.45. The van der Waals surface area contributed by atoms with E-state index in [1.807, 2.05) is 6.92 Å². The minimum atomic E-state index is -4.18. The lowest BCUT2D eigenvalue weighted by Gasteiger charge is -2.07. The maximum atomic E-state index is 13.5. The van der Waals surface area contributed by atoms with Crippen LogP contribution in [0.25, 0.3) is 11.5 Å². The summed E-state index contributed by atoms with van der Waals surface area (Å²) < 4.78 is 57.4. The zero-order valence-electron chi connectivity index (χ0n) is 13.9. The van der Waals surface area contributed by atoms with E-state index in [0.29, 0.717) is 12.0 Å². The minimum absolute atomic E-state index is 0.0556. The molecule has 1 aromatic heterocycles. The molecule has 1 unspecified atom stereocenters. The molecule has 0 aliphatic heterocycles. The van der Waals surface area contributed by atoms with Gasteiger partial charge in [-0.3, -0.25) is 0 Å². The Morgan fingerprint density at radius 1 is 1.15 bits per heavy atom. The van der Waals surface area contributed by atoms with Crippen LogP contribution in [-0.4, -0.2) is 23.7 Å².